The Morgan fingerprint density at radius 1 is 0.882 bits per heavy atom. The molecular formula is C12H16N4S. The third-order valence-electron chi connectivity index (χ3n) is 3.11. The van der Waals surface area contributed by atoms with E-state index in [0.717, 1.165) is 23.4 Å². The Kier molecular flexibility index (Phi) is 3.09. The fraction of sp³-hybridized carbons (Fsp3) is 0.500. The molecule has 0 spiro atoms. The van der Waals surface area contributed by atoms with E-state index in [9.17, 15) is 0 Å². The van der Waals surface area contributed by atoms with E-state index in [1.165, 1.54) is 25.7 Å². The number of nitrogens with zero attached hydrogens (tertiary/aromatic N) is 4. The molecule has 0 unspecified atom stereocenters. The predicted molar refractivity (Wildman–Crippen MR) is 69.9 cm³/mol. The molecule has 1 fully saturated rings. The van der Waals surface area contributed by atoms with Crippen molar-refractivity contribution in [3.63, 3.8) is 0 Å². The van der Waals surface area contributed by atoms with Gasteiger partial charge < -0.3 is 4.90 Å². The predicted octanol–water partition coefficient (Wildman–Crippen LogP) is 2.71. The van der Waals surface area contributed by atoms with Crippen LogP contribution in [0.1, 0.15) is 25.7 Å². The Morgan fingerprint density at radius 3 is 2.24 bits per heavy atom. The van der Waals surface area contributed by atoms with Gasteiger partial charge in [0.2, 0.25) is 10.3 Å². The lowest BCUT2D eigenvalue weighted by Crippen LogP contribution is -2.23. The molecule has 0 bridgehead atoms. The number of hydrogen-bond donors (Lipinski definition) is 0. The molecule has 3 rings (SSSR count). The van der Waals surface area contributed by atoms with Crippen LogP contribution >= 0.6 is 11.3 Å². The smallest absolute Gasteiger partial charge is 0.218 e. The molecule has 0 N–H and O–H groups in total. The molecule has 0 aliphatic carbocycles. The molecule has 0 atom stereocenters. The molecule has 90 valence electrons. The largest absolute Gasteiger partial charge is 0.347 e. The van der Waals surface area contributed by atoms with E-state index in [-0.39, 0.29) is 0 Å². The summed E-state index contributed by atoms with van der Waals surface area (Å²) in [5, 5.41) is 10.6. The molecule has 0 amide bonds. The molecular weight excluding hydrogens is 232 g/mol. The van der Waals surface area contributed by atoms with Gasteiger partial charge in [0.05, 0.1) is 0 Å². The first-order chi connectivity index (χ1) is 8.43. The minimum absolute atomic E-state index is 0.953. The monoisotopic (exact) mass is 248 g/mol. The maximum atomic E-state index is 4.31. The zero-order valence-electron chi connectivity index (χ0n) is 9.75. The highest BCUT2D eigenvalue weighted by Crippen LogP contribution is 2.25. The van der Waals surface area contributed by atoms with Crippen LogP contribution in [0.5, 0.6) is 0 Å². The van der Waals surface area contributed by atoms with E-state index in [2.05, 4.69) is 15.1 Å². The maximum Gasteiger partial charge on any atom is 0.218 e. The molecule has 5 heteroatoms. The molecule has 2 aromatic heterocycles. The molecule has 2 aromatic rings. The Balaban J connectivity index is 1.79. The Morgan fingerprint density at radius 2 is 1.53 bits per heavy atom. The zero-order chi connectivity index (χ0) is 11.5. The van der Waals surface area contributed by atoms with Crippen LogP contribution in [0.4, 0.5) is 5.13 Å². The highest BCUT2D eigenvalue weighted by Gasteiger charge is 2.14. The van der Waals surface area contributed by atoms with E-state index >= 15 is 0 Å². The van der Waals surface area contributed by atoms with Gasteiger partial charge in [-0.2, -0.15) is 0 Å². The Bertz CT molecular complexity index is 455. The van der Waals surface area contributed by atoms with Gasteiger partial charge in [-0.15, -0.1) is 10.2 Å². The van der Waals surface area contributed by atoms with Gasteiger partial charge in [-0.1, -0.05) is 24.2 Å². The molecule has 3 heterocycles. The normalized spacial score (nSPS) is 17.1. The summed E-state index contributed by atoms with van der Waals surface area (Å²) in [6, 6.07) is 4.01. The Hall–Kier alpha value is -1.36. The van der Waals surface area contributed by atoms with Gasteiger partial charge in [0, 0.05) is 25.5 Å². The molecule has 0 aromatic carbocycles. The molecule has 0 radical (unpaired) electrons. The molecule has 1 aliphatic rings. The van der Waals surface area contributed by atoms with Crippen LogP contribution in [-0.2, 0) is 0 Å². The maximum absolute atomic E-state index is 4.31. The van der Waals surface area contributed by atoms with Gasteiger partial charge >= 0.3 is 0 Å². The van der Waals surface area contributed by atoms with Crippen molar-refractivity contribution in [1.29, 1.82) is 0 Å². The lowest BCUT2D eigenvalue weighted by Gasteiger charge is -2.17. The fourth-order valence-corrected chi connectivity index (χ4v) is 3.03. The summed E-state index contributed by atoms with van der Waals surface area (Å²) in [5.74, 6) is 0. The third-order valence-corrected chi connectivity index (χ3v) is 4.10. The fourth-order valence-electron chi connectivity index (χ4n) is 2.16. The second-order valence-electron chi connectivity index (χ2n) is 4.36. The summed E-state index contributed by atoms with van der Waals surface area (Å²) in [4.78, 5) is 2.37. The number of rotatable bonds is 2. The van der Waals surface area contributed by atoms with Crippen LogP contribution in [-0.4, -0.2) is 27.9 Å². The lowest BCUT2D eigenvalue weighted by atomic mass is 10.2. The average molecular weight is 248 g/mol. The lowest BCUT2D eigenvalue weighted by molar-refractivity contribution is 0.726. The topological polar surface area (TPSA) is 34.0 Å². The quantitative estimate of drug-likeness (QED) is 0.819. The van der Waals surface area contributed by atoms with E-state index < -0.39 is 0 Å². The van der Waals surface area contributed by atoms with Gasteiger partial charge in [-0.25, -0.2) is 0 Å². The van der Waals surface area contributed by atoms with Crippen molar-refractivity contribution in [2.24, 2.45) is 0 Å². The summed E-state index contributed by atoms with van der Waals surface area (Å²) >= 11 is 1.67. The van der Waals surface area contributed by atoms with Crippen molar-refractivity contribution in [1.82, 2.24) is 14.8 Å². The molecule has 0 saturated carbocycles. The van der Waals surface area contributed by atoms with Crippen molar-refractivity contribution in [3.05, 3.63) is 24.5 Å². The molecule has 1 saturated heterocycles. The summed E-state index contributed by atoms with van der Waals surface area (Å²) in [6.45, 7) is 2.25. The average Bonchev–Trinajstić information content (AvgIpc) is 2.95. The van der Waals surface area contributed by atoms with Gasteiger partial charge in [-0.05, 0) is 25.0 Å². The molecule has 4 nitrogen and oxygen atoms in total. The van der Waals surface area contributed by atoms with Gasteiger partial charge in [0.1, 0.15) is 0 Å². The summed E-state index contributed by atoms with van der Waals surface area (Å²) in [6.07, 6.45) is 9.26. The van der Waals surface area contributed by atoms with E-state index in [1.54, 1.807) is 11.3 Å². The first-order valence-corrected chi connectivity index (χ1v) is 6.97. The second-order valence-corrected chi connectivity index (χ2v) is 5.29. The summed E-state index contributed by atoms with van der Waals surface area (Å²) in [5.41, 5.74) is 0. The molecule has 1 aliphatic heterocycles. The number of hydrogen-bond acceptors (Lipinski definition) is 4. The van der Waals surface area contributed by atoms with Gasteiger partial charge in [0.25, 0.3) is 0 Å². The van der Waals surface area contributed by atoms with E-state index in [4.69, 9.17) is 0 Å². The highest BCUT2D eigenvalue weighted by molar-refractivity contribution is 7.17. The van der Waals surface area contributed by atoms with Crippen LogP contribution in [0.25, 0.3) is 5.13 Å². The van der Waals surface area contributed by atoms with Gasteiger partial charge in [0.15, 0.2) is 0 Å². The third kappa shape index (κ3) is 2.34. The second kappa shape index (κ2) is 4.87. The first-order valence-electron chi connectivity index (χ1n) is 6.15. The van der Waals surface area contributed by atoms with Crippen molar-refractivity contribution >= 4 is 16.5 Å². The van der Waals surface area contributed by atoms with E-state index in [1.807, 2.05) is 29.1 Å². The van der Waals surface area contributed by atoms with E-state index in [0.29, 0.717) is 0 Å². The summed E-state index contributed by atoms with van der Waals surface area (Å²) in [7, 11) is 0. The number of anilines is 1. The first kappa shape index (κ1) is 10.8. The SMILES string of the molecule is c1ccn(-c2nnc(N3CCCCCC3)s2)c1. The van der Waals surface area contributed by atoms with Crippen LogP contribution in [0.15, 0.2) is 24.5 Å². The van der Waals surface area contributed by atoms with Crippen molar-refractivity contribution in [2.75, 3.05) is 18.0 Å². The molecule has 17 heavy (non-hydrogen) atoms. The Labute approximate surface area is 105 Å². The highest BCUT2D eigenvalue weighted by atomic mass is 32.1. The summed E-state index contributed by atoms with van der Waals surface area (Å²) < 4.78 is 2.01. The standard InChI is InChI=1S/C12H16N4S/c1-2-4-8-15(7-3-1)11-13-14-12(17-11)16-9-5-6-10-16/h5-6,9-10H,1-4,7-8H2. The number of aromatic nitrogens is 3. The van der Waals surface area contributed by atoms with Crippen LogP contribution in [0, 0.1) is 0 Å². The minimum atomic E-state index is 0.953. The van der Waals surface area contributed by atoms with Crippen molar-refractivity contribution in [2.45, 2.75) is 25.7 Å². The van der Waals surface area contributed by atoms with Crippen LogP contribution in [0.2, 0.25) is 0 Å². The van der Waals surface area contributed by atoms with Crippen molar-refractivity contribution in [3.8, 4) is 5.13 Å². The van der Waals surface area contributed by atoms with Crippen LogP contribution in [0.3, 0.4) is 0 Å². The van der Waals surface area contributed by atoms with Crippen molar-refractivity contribution < 1.29 is 0 Å². The van der Waals surface area contributed by atoms with Gasteiger partial charge in [-0.3, -0.25) is 4.57 Å². The minimum Gasteiger partial charge on any atom is -0.347 e. The zero-order valence-corrected chi connectivity index (χ0v) is 10.6. The van der Waals surface area contributed by atoms with Crippen LogP contribution < -0.4 is 4.90 Å².